The molecule has 0 saturated heterocycles. The number of ketones is 1. The van der Waals surface area contributed by atoms with Crippen molar-refractivity contribution in [1.82, 2.24) is 0 Å². The highest BCUT2D eigenvalue weighted by molar-refractivity contribution is 7.80. The van der Waals surface area contributed by atoms with Gasteiger partial charge in [-0.2, -0.15) is 0 Å². The third kappa shape index (κ3) is 2.97. The Hall–Kier alpha value is -3.18. The lowest BCUT2D eigenvalue weighted by Gasteiger charge is -2.37. The van der Waals surface area contributed by atoms with E-state index in [1.807, 2.05) is 69.3 Å². The van der Waals surface area contributed by atoms with E-state index in [2.05, 4.69) is 5.32 Å². The molecule has 2 aliphatic rings. The van der Waals surface area contributed by atoms with Crippen LogP contribution < -0.4 is 10.1 Å². The van der Waals surface area contributed by atoms with Gasteiger partial charge in [-0.25, -0.2) is 0 Å². The molecule has 1 heterocycles. The van der Waals surface area contributed by atoms with Crippen LogP contribution in [0.25, 0.3) is 0 Å². The Kier molecular flexibility index (Phi) is 5.08. The average Bonchev–Trinajstić information content (AvgIpc) is 3.02. The van der Waals surface area contributed by atoms with Crippen LogP contribution in [0.15, 0.2) is 60.7 Å². The van der Waals surface area contributed by atoms with Gasteiger partial charge in [-0.15, -0.1) is 0 Å². The van der Waals surface area contributed by atoms with Gasteiger partial charge in [0.1, 0.15) is 17.2 Å². The molecule has 2 N–H and O–H groups in total. The van der Waals surface area contributed by atoms with Crippen LogP contribution in [0.5, 0.6) is 17.2 Å². The summed E-state index contributed by atoms with van der Waals surface area (Å²) in [5, 5.41) is 13.1. The second-order valence-corrected chi connectivity index (χ2v) is 7.84. The molecule has 1 spiro atoms. The number of para-hydroxylation sites is 1. The summed E-state index contributed by atoms with van der Waals surface area (Å²) in [4.78, 5) is 13.8. The monoisotopic (exact) mass is 417 g/mol. The third-order valence-electron chi connectivity index (χ3n) is 5.52. The van der Waals surface area contributed by atoms with E-state index >= 15 is 0 Å². The molecule has 1 unspecified atom stereocenters. The number of Topliss-reactive ketones (excluding diaryl/α,β-unsaturated/α-hetero) is 1. The first-order chi connectivity index (χ1) is 14.5. The zero-order valence-electron chi connectivity index (χ0n) is 17.2. The molecule has 0 bridgehead atoms. The molecule has 0 radical (unpaired) electrons. The minimum atomic E-state index is -0.629. The Morgan fingerprint density at radius 2 is 1.70 bits per heavy atom. The third-order valence-corrected chi connectivity index (χ3v) is 5.62. The van der Waals surface area contributed by atoms with Crippen molar-refractivity contribution in [2.45, 2.75) is 32.6 Å². The molecular formula is C25H23NO3S. The highest BCUT2D eigenvalue weighted by Crippen LogP contribution is 2.57. The van der Waals surface area contributed by atoms with Crippen molar-refractivity contribution >= 4 is 28.7 Å². The summed E-state index contributed by atoms with van der Waals surface area (Å²) in [6.45, 7) is 5.81. The average molecular weight is 418 g/mol. The minimum Gasteiger partial charge on any atom is -0.508 e. The number of carbonyl (C=O) groups is 1. The number of carbonyl (C=O) groups excluding carboxylic acids is 1. The zero-order chi connectivity index (χ0) is 21.5. The molecular weight excluding hydrogens is 394 g/mol. The van der Waals surface area contributed by atoms with Crippen LogP contribution in [0.1, 0.15) is 54.2 Å². The lowest BCUT2D eigenvalue weighted by Crippen LogP contribution is -2.30. The predicted molar refractivity (Wildman–Crippen MR) is 123 cm³/mol. The normalized spacial score (nSPS) is 17.8. The largest absolute Gasteiger partial charge is 0.508 e. The number of hydrogen-bond acceptors (Lipinski definition) is 4. The van der Waals surface area contributed by atoms with E-state index in [1.165, 1.54) is 0 Å². The topological polar surface area (TPSA) is 58.6 Å². The number of ether oxygens (including phenoxy) is 1. The molecule has 3 aromatic carbocycles. The van der Waals surface area contributed by atoms with Gasteiger partial charge in [0.15, 0.2) is 5.78 Å². The number of fused-ring (bicyclic) bond motifs is 6. The van der Waals surface area contributed by atoms with Gasteiger partial charge in [-0.05, 0) is 36.8 Å². The fourth-order valence-corrected chi connectivity index (χ4v) is 4.58. The number of benzene rings is 3. The number of phenols is 1. The van der Waals surface area contributed by atoms with Gasteiger partial charge in [0.05, 0.1) is 10.4 Å². The summed E-state index contributed by atoms with van der Waals surface area (Å²) in [5.41, 5.74) is 3.68. The first-order valence-electron chi connectivity index (χ1n) is 10.1. The molecule has 5 rings (SSSR count). The lowest BCUT2D eigenvalue weighted by molar-refractivity contribution is 0.0983. The van der Waals surface area contributed by atoms with Gasteiger partial charge >= 0.3 is 0 Å². The summed E-state index contributed by atoms with van der Waals surface area (Å²) >= 11 is 5.13. The van der Waals surface area contributed by atoms with Crippen molar-refractivity contribution in [1.29, 1.82) is 0 Å². The number of nitrogens with one attached hydrogen (secondary N) is 1. The van der Waals surface area contributed by atoms with E-state index in [0.717, 1.165) is 22.4 Å². The maximum atomic E-state index is 13.1. The molecule has 30 heavy (non-hydrogen) atoms. The highest BCUT2D eigenvalue weighted by atomic mass is 32.1. The van der Waals surface area contributed by atoms with E-state index < -0.39 is 5.41 Å². The van der Waals surface area contributed by atoms with Gasteiger partial charge in [0, 0.05) is 34.9 Å². The SMILES string of the molecule is CC.CC(=S)Nc1ccc2c(c1)C(=O)CC21c2ccccc2Oc2cc(O)ccc21. The van der Waals surface area contributed by atoms with Crippen molar-refractivity contribution < 1.29 is 14.6 Å². The fraction of sp³-hybridized carbons (Fsp3) is 0.200. The van der Waals surface area contributed by atoms with E-state index in [1.54, 1.807) is 12.1 Å². The van der Waals surface area contributed by atoms with E-state index in [4.69, 9.17) is 17.0 Å². The van der Waals surface area contributed by atoms with Crippen LogP contribution in [-0.2, 0) is 5.41 Å². The van der Waals surface area contributed by atoms with Crippen molar-refractivity contribution in [3.8, 4) is 17.2 Å². The first-order valence-corrected chi connectivity index (χ1v) is 10.5. The highest BCUT2D eigenvalue weighted by Gasteiger charge is 2.51. The Morgan fingerprint density at radius 3 is 2.47 bits per heavy atom. The number of aromatic hydroxyl groups is 1. The number of anilines is 1. The summed E-state index contributed by atoms with van der Waals surface area (Å²) in [7, 11) is 0. The second kappa shape index (κ2) is 7.58. The van der Waals surface area contributed by atoms with Crippen LogP contribution in [0, 0.1) is 0 Å². The second-order valence-electron chi connectivity index (χ2n) is 7.23. The van der Waals surface area contributed by atoms with Crippen LogP contribution in [0.3, 0.4) is 0 Å². The zero-order valence-corrected chi connectivity index (χ0v) is 18.0. The van der Waals surface area contributed by atoms with Gasteiger partial charge in [0.25, 0.3) is 0 Å². The molecule has 152 valence electrons. The molecule has 1 atom stereocenters. The van der Waals surface area contributed by atoms with Crippen LogP contribution in [0.4, 0.5) is 5.69 Å². The van der Waals surface area contributed by atoms with Crippen LogP contribution >= 0.6 is 12.2 Å². The lowest BCUT2D eigenvalue weighted by atomic mass is 9.68. The molecule has 0 fully saturated rings. The Balaban J connectivity index is 0.00000106. The fourth-order valence-electron chi connectivity index (χ4n) is 4.46. The summed E-state index contributed by atoms with van der Waals surface area (Å²) < 4.78 is 6.07. The van der Waals surface area contributed by atoms with Crippen LogP contribution in [0.2, 0.25) is 0 Å². The number of rotatable bonds is 1. The van der Waals surface area contributed by atoms with E-state index in [-0.39, 0.29) is 11.5 Å². The molecule has 0 saturated carbocycles. The van der Waals surface area contributed by atoms with Crippen molar-refractivity contribution in [3.63, 3.8) is 0 Å². The molecule has 0 amide bonds. The smallest absolute Gasteiger partial charge is 0.164 e. The first kappa shape index (κ1) is 20.1. The summed E-state index contributed by atoms with van der Waals surface area (Å²) in [5.74, 6) is 1.50. The quantitative estimate of drug-likeness (QED) is 0.461. The Bertz CT molecular complexity index is 1170. The maximum Gasteiger partial charge on any atom is 0.164 e. The predicted octanol–water partition coefficient (Wildman–Crippen LogP) is 6.20. The Morgan fingerprint density at radius 1 is 1.00 bits per heavy atom. The summed E-state index contributed by atoms with van der Waals surface area (Å²) in [6, 6.07) is 18.7. The minimum absolute atomic E-state index is 0.0800. The molecule has 5 heteroatoms. The van der Waals surface area contributed by atoms with Crippen molar-refractivity contribution in [3.05, 3.63) is 82.9 Å². The van der Waals surface area contributed by atoms with Gasteiger partial charge in [0.2, 0.25) is 0 Å². The van der Waals surface area contributed by atoms with E-state index in [9.17, 15) is 9.90 Å². The maximum absolute atomic E-state index is 13.1. The molecule has 3 aromatic rings. The summed E-state index contributed by atoms with van der Waals surface area (Å²) in [6.07, 6.45) is 0.320. The molecule has 1 aliphatic heterocycles. The van der Waals surface area contributed by atoms with Crippen LogP contribution in [-0.4, -0.2) is 15.9 Å². The molecule has 4 nitrogen and oxygen atoms in total. The van der Waals surface area contributed by atoms with Gasteiger partial charge in [-0.1, -0.05) is 56.4 Å². The molecule has 1 aliphatic carbocycles. The standard InChI is InChI=1S/C23H17NO3S.C2H6/c1-13(28)24-14-6-8-17-16(10-14)20(26)12-23(17)18-4-2-3-5-21(18)27-22-11-15(25)7-9-19(22)23;1-2/h2-11,25H,12H2,1H3,(H,24,28);1-2H3. The number of thiocarbonyl (C=S) groups is 1. The Labute approximate surface area is 181 Å². The van der Waals surface area contributed by atoms with Gasteiger partial charge in [-0.3, -0.25) is 4.79 Å². The van der Waals surface area contributed by atoms with Gasteiger partial charge < -0.3 is 15.2 Å². The van der Waals surface area contributed by atoms with Crippen molar-refractivity contribution in [2.75, 3.05) is 5.32 Å². The van der Waals surface area contributed by atoms with E-state index in [0.29, 0.717) is 28.5 Å². The van der Waals surface area contributed by atoms with Crippen molar-refractivity contribution in [2.24, 2.45) is 0 Å². The molecule has 0 aromatic heterocycles. The number of phenolic OH excluding ortho intramolecular Hbond substituents is 1. The number of hydrogen-bond donors (Lipinski definition) is 2.